The van der Waals surface area contributed by atoms with Crippen molar-refractivity contribution in [3.63, 3.8) is 0 Å². The third-order valence-electron chi connectivity index (χ3n) is 5.13. The van der Waals surface area contributed by atoms with Gasteiger partial charge in [-0.3, -0.25) is 0 Å². The first kappa shape index (κ1) is 13.2. The highest BCUT2D eigenvalue weighted by atomic mass is 32.1. The zero-order valence-corrected chi connectivity index (χ0v) is 13.3. The molecule has 1 unspecified atom stereocenters. The third-order valence-corrected chi connectivity index (χ3v) is 6.49. The van der Waals surface area contributed by atoms with Crippen LogP contribution < -0.4 is 5.32 Å². The molecule has 1 aliphatic heterocycles. The van der Waals surface area contributed by atoms with E-state index in [1.165, 1.54) is 75.2 Å². The summed E-state index contributed by atoms with van der Waals surface area (Å²) in [4.78, 5) is 9.13. The fraction of sp³-hybridized carbons (Fsp3) is 0.812. The number of likely N-dealkylation sites (tertiary alicyclic amines) is 1. The van der Waals surface area contributed by atoms with Gasteiger partial charge >= 0.3 is 0 Å². The highest BCUT2D eigenvalue weighted by molar-refractivity contribution is 7.12. The zero-order valence-electron chi connectivity index (χ0n) is 12.5. The molecular weight excluding hydrogens is 266 g/mol. The van der Waals surface area contributed by atoms with Crippen LogP contribution in [0.25, 0.3) is 0 Å². The Balaban J connectivity index is 1.65. The van der Waals surface area contributed by atoms with Gasteiger partial charge in [0.2, 0.25) is 0 Å². The molecule has 1 N–H and O–H groups in total. The zero-order chi connectivity index (χ0) is 13.6. The Kier molecular flexibility index (Phi) is 3.36. The van der Waals surface area contributed by atoms with Crippen LogP contribution in [0.4, 0.5) is 0 Å². The van der Waals surface area contributed by atoms with E-state index in [9.17, 15) is 0 Å². The molecule has 2 aliphatic carbocycles. The van der Waals surface area contributed by atoms with Crippen molar-refractivity contribution in [2.45, 2.75) is 62.9 Å². The lowest BCUT2D eigenvalue weighted by atomic mass is 9.91. The predicted molar refractivity (Wildman–Crippen MR) is 83.3 cm³/mol. The fourth-order valence-electron chi connectivity index (χ4n) is 3.70. The Morgan fingerprint density at radius 2 is 2.10 bits per heavy atom. The number of hydrogen-bond donors (Lipinski definition) is 1. The van der Waals surface area contributed by atoms with Crippen LogP contribution in [0.2, 0.25) is 0 Å². The molecule has 3 aliphatic rings. The first-order chi connectivity index (χ1) is 9.75. The topological polar surface area (TPSA) is 28.2 Å². The second-order valence-electron chi connectivity index (χ2n) is 6.90. The van der Waals surface area contributed by atoms with Crippen LogP contribution in [0.3, 0.4) is 0 Å². The van der Waals surface area contributed by atoms with Crippen molar-refractivity contribution in [3.05, 3.63) is 15.6 Å². The SMILES string of the molecule is CN1CCCC(NC2CC2)(c2nc3c(s2)CCC3)CC1. The van der Waals surface area contributed by atoms with Crippen molar-refractivity contribution < 1.29 is 0 Å². The van der Waals surface area contributed by atoms with Crippen molar-refractivity contribution in [2.24, 2.45) is 0 Å². The molecule has 20 heavy (non-hydrogen) atoms. The van der Waals surface area contributed by atoms with Gasteiger partial charge < -0.3 is 10.2 Å². The third kappa shape index (κ3) is 2.42. The lowest BCUT2D eigenvalue weighted by Crippen LogP contribution is -2.44. The summed E-state index contributed by atoms with van der Waals surface area (Å²) < 4.78 is 0. The molecule has 4 rings (SSSR count). The van der Waals surface area contributed by atoms with Gasteiger partial charge in [0.1, 0.15) is 5.01 Å². The smallest absolute Gasteiger partial charge is 0.113 e. The Morgan fingerprint density at radius 1 is 1.20 bits per heavy atom. The van der Waals surface area contributed by atoms with E-state index in [0.29, 0.717) is 0 Å². The summed E-state index contributed by atoms with van der Waals surface area (Å²) in [5.74, 6) is 0. The molecule has 0 aromatic carbocycles. The van der Waals surface area contributed by atoms with Crippen LogP contribution in [0, 0.1) is 0 Å². The molecule has 1 atom stereocenters. The predicted octanol–water partition coefficient (Wildman–Crippen LogP) is 2.69. The molecule has 0 bridgehead atoms. The van der Waals surface area contributed by atoms with E-state index in [0.717, 1.165) is 6.04 Å². The fourth-order valence-corrected chi connectivity index (χ4v) is 5.06. The van der Waals surface area contributed by atoms with Crippen LogP contribution in [-0.2, 0) is 18.4 Å². The molecule has 1 saturated carbocycles. The Morgan fingerprint density at radius 3 is 2.90 bits per heavy atom. The monoisotopic (exact) mass is 291 g/mol. The number of nitrogens with one attached hydrogen (secondary N) is 1. The second kappa shape index (κ2) is 5.08. The number of aryl methyl sites for hydroxylation is 2. The van der Waals surface area contributed by atoms with Crippen LogP contribution in [0.5, 0.6) is 0 Å². The largest absolute Gasteiger partial charge is 0.306 e. The average molecular weight is 291 g/mol. The number of hydrogen-bond acceptors (Lipinski definition) is 4. The van der Waals surface area contributed by atoms with Crippen molar-refractivity contribution in [1.82, 2.24) is 15.2 Å². The van der Waals surface area contributed by atoms with Gasteiger partial charge in [0, 0.05) is 17.5 Å². The van der Waals surface area contributed by atoms with Gasteiger partial charge in [0.15, 0.2) is 0 Å². The van der Waals surface area contributed by atoms with Crippen LogP contribution >= 0.6 is 11.3 Å². The first-order valence-electron chi connectivity index (χ1n) is 8.20. The van der Waals surface area contributed by atoms with E-state index in [4.69, 9.17) is 4.98 Å². The Bertz CT molecular complexity index is 472. The second-order valence-corrected chi connectivity index (χ2v) is 7.98. The lowest BCUT2D eigenvalue weighted by Gasteiger charge is -2.32. The molecular formula is C16H25N3S. The van der Waals surface area contributed by atoms with Gasteiger partial charge in [-0.25, -0.2) is 4.98 Å². The van der Waals surface area contributed by atoms with E-state index < -0.39 is 0 Å². The first-order valence-corrected chi connectivity index (χ1v) is 9.02. The van der Waals surface area contributed by atoms with Crippen LogP contribution in [0.15, 0.2) is 0 Å². The summed E-state index contributed by atoms with van der Waals surface area (Å²) in [5.41, 5.74) is 1.60. The summed E-state index contributed by atoms with van der Waals surface area (Å²) in [5, 5.41) is 5.40. The minimum Gasteiger partial charge on any atom is -0.306 e. The quantitative estimate of drug-likeness (QED) is 0.928. The molecule has 0 spiro atoms. The van der Waals surface area contributed by atoms with Crippen LogP contribution in [-0.4, -0.2) is 36.1 Å². The van der Waals surface area contributed by atoms with Crippen molar-refractivity contribution in [2.75, 3.05) is 20.1 Å². The summed E-state index contributed by atoms with van der Waals surface area (Å²) in [6.45, 7) is 2.43. The van der Waals surface area contributed by atoms with Crippen molar-refractivity contribution in [1.29, 1.82) is 0 Å². The average Bonchev–Trinajstić information content (AvgIpc) is 3.02. The maximum Gasteiger partial charge on any atom is 0.113 e. The molecule has 1 aromatic rings. The number of nitrogens with zero attached hydrogens (tertiary/aromatic N) is 2. The Hall–Kier alpha value is -0.450. The van der Waals surface area contributed by atoms with E-state index in [1.807, 2.05) is 11.3 Å². The highest BCUT2D eigenvalue weighted by Gasteiger charge is 2.41. The number of aromatic nitrogens is 1. The molecule has 2 fully saturated rings. The number of rotatable bonds is 3. The van der Waals surface area contributed by atoms with Crippen molar-refractivity contribution in [3.8, 4) is 0 Å². The van der Waals surface area contributed by atoms with Gasteiger partial charge in [0.25, 0.3) is 0 Å². The van der Waals surface area contributed by atoms with E-state index in [2.05, 4.69) is 17.3 Å². The minimum atomic E-state index is 0.181. The van der Waals surface area contributed by atoms with E-state index >= 15 is 0 Å². The molecule has 0 amide bonds. The normalized spacial score (nSPS) is 31.2. The Labute approximate surface area is 125 Å². The minimum absolute atomic E-state index is 0.181. The number of fused-ring (bicyclic) bond motifs is 1. The summed E-state index contributed by atoms with van der Waals surface area (Å²) in [7, 11) is 2.26. The maximum atomic E-state index is 5.07. The van der Waals surface area contributed by atoms with Crippen molar-refractivity contribution >= 4 is 11.3 Å². The van der Waals surface area contributed by atoms with Crippen LogP contribution in [0.1, 0.15) is 54.1 Å². The summed E-state index contributed by atoms with van der Waals surface area (Å²) >= 11 is 2.02. The standard InChI is InChI=1S/C16H25N3S/c1-19-10-3-8-16(9-11-19,18-12-6-7-12)15-17-13-4-2-5-14(13)20-15/h12,18H,2-11H2,1H3. The van der Waals surface area contributed by atoms with Gasteiger partial charge in [0.05, 0.1) is 11.2 Å². The molecule has 110 valence electrons. The summed E-state index contributed by atoms with van der Waals surface area (Å²) in [6, 6.07) is 0.761. The molecule has 0 radical (unpaired) electrons. The molecule has 1 aromatic heterocycles. The highest BCUT2D eigenvalue weighted by Crippen LogP contribution is 2.41. The molecule has 3 nitrogen and oxygen atoms in total. The van der Waals surface area contributed by atoms with Gasteiger partial charge in [-0.05, 0) is 65.0 Å². The lowest BCUT2D eigenvalue weighted by molar-refractivity contribution is 0.276. The summed E-state index contributed by atoms with van der Waals surface area (Å²) in [6.07, 6.45) is 10.3. The molecule has 1 saturated heterocycles. The molecule has 2 heterocycles. The van der Waals surface area contributed by atoms with E-state index in [1.54, 1.807) is 4.88 Å². The maximum absolute atomic E-state index is 5.07. The van der Waals surface area contributed by atoms with Gasteiger partial charge in [-0.1, -0.05) is 0 Å². The number of thiazole rings is 1. The van der Waals surface area contributed by atoms with E-state index in [-0.39, 0.29) is 5.54 Å². The molecule has 4 heteroatoms. The van der Waals surface area contributed by atoms with Gasteiger partial charge in [-0.15, -0.1) is 11.3 Å². The van der Waals surface area contributed by atoms with Gasteiger partial charge in [-0.2, -0.15) is 0 Å².